The summed E-state index contributed by atoms with van der Waals surface area (Å²) in [5, 5.41) is 3.65. The molecule has 2 heteroatoms. The summed E-state index contributed by atoms with van der Waals surface area (Å²) in [7, 11) is 2.17. The number of hydrogen-bond acceptors (Lipinski definition) is 2. The Morgan fingerprint density at radius 1 is 1.24 bits per heavy atom. The average molecular weight is 286 g/mol. The molecular weight excluding hydrogens is 256 g/mol. The van der Waals surface area contributed by atoms with Gasteiger partial charge < -0.3 is 10.2 Å². The van der Waals surface area contributed by atoms with Crippen molar-refractivity contribution in [2.24, 2.45) is 11.8 Å². The van der Waals surface area contributed by atoms with Gasteiger partial charge in [-0.25, -0.2) is 0 Å². The maximum absolute atomic E-state index is 3.65. The highest BCUT2D eigenvalue weighted by atomic mass is 15.1. The zero-order valence-electron chi connectivity index (χ0n) is 13.8. The number of anilines is 1. The Bertz CT molecular complexity index is 438. The largest absolute Gasteiger partial charge is 0.375 e. The number of nitrogens with zero attached hydrogens (tertiary/aromatic N) is 1. The molecule has 0 saturated heterocycles. The van der Waals surface area contributed by atoms with Crippen LogP contribution in [0.3, 0.4) is 0 Å². The fraction of sp³-hybridized carbons (Fsp3) is 0.579. The highest BCUT2D eigenvalue weighted by Gasteiger charge is 2.17. The predicted octanol–water partition coefficient (Wildman–Crippen LogP) is 4.09. The molecule has 1 aromatic carbocycles. The molecular formula is C19H30N2. The second kappa shape index (κ2) is 8.23. The molecule has 0 heterocycles. The molecule has 0 amide bonds. The van der Waals surface area contributed by atoms with Gasteiger partial charge in [-0.3, -0.25) is 0 Å². The van der Waals surface area contributed by atoms with E-state index in [2.05, 4.69) is 67.5 Å². The van der Waals surface area contributed by atoms with Crippen LogP contribution < -0.4 is 10.2 Å². The molecule has 2 rings (SSSR count). The van der Waals surface area contributed by atoms with Crippen molar-refractivity contribution in [1.29, 1.82) is 0 Å². The van der Waals surface area contributed by atoms with E-state index < -0.39 is 0 Å². The van der Waals surface area contributed by atoms with Crippen molar-refractivity contribution in [3.63, 3.8) is 0 Å². The summed E-state index contributed by atoms with van der Waals surface area (Å²) in [5.41, 5.74) is 2.88. The summed E-state index contributed by atoms with van der Waals surface area (Å²) in [6.07, 6.45) is 6.25. The third kappa shape index (κ3) is 5.55. The van der Waals surface area contributed by atoms with E-state index >= 15 is 0 Å². The van der Waals surface area contributed by atoms with Gasteiger partial charge in [-0.05, 0) is 63.2 Å². The first-order valence-corrected chi connectivity index (χ1v) is 8.29. The van der Waals surface area contributed by atoms with Gasteiger partial charge in [0.1, 0.15) is 0 Å². The predicted molar refractivity (Wildman–Crippen MR) is 92.8 cm³/mol. The zero-order valence-corrected chi connectivity index (χ0v) is 13.8. The monoisotopic (exact) mass is 286 g/mol. The normalized spacial score (nSPS) is 22.0. The van der Waals surface area contributed by atoms with E-state index in [0.717, 1.165) is 24.9 Å². The fourth-order valence-electron chi connectivity index (χ4n) is 3.40. The maximum Gasteiger partial charge on any atom is 0.0363 e. The number of para-hydroxylation sites is 1. The van der Waals surface area contributed by atoms with E-state index in [-0.39, 0.29) is 0 Å². The Labute approximate surface area is 130 Å². The van der Waals surface area contributed by atoms with Gasteiger partial charge in [-0.1, -0.05) is 36.8 Å². The molecule has 1 aromatic rings. The number of nitrogens with one attached hydrogen (secondary N) is 1. The van der Waals surface area contributed by atoms with E-state index in [1.807, 2.05) is 0 Å². The Balaban J connectivity index is 1.59. The SMILES string of the molecule is CC1=CC(C)CC(CNCCCN(C)c2ccccc2)C1. The average Bonchev–Trinajstić information content (AvgIpc) is 2.46. The highest BCUT2D eigenvalue weighted by molar-refractivity contribution is 5.44. The molecule has 2 atom stereocenters. The van der Waals surface area contributed by atoms with Crippen LogP contribution in [-0.2, 0) is 0 Å². The van der Waals surface area contributed by atoms with Crippen molar-refractivity contribution in [3.8, 4) is 0 Å². The fourth-order valence-corrected chi connectivity index (χ4v) is 3.40. The number of hydrogen-bond donors (Lipinski definition) is 1. The standard InChI is InChI=1S/C19H30N2/c1-16-12-17(2)14-18(13-16)15-20-10-7-11-21(3)19-8-5-4-6-9-19/h4-6,8-9,12,16,18,20H,7,10-11,13-15H2,1-3H3. The van der Waals surface area contributed by atoms with E-state index in [9.17, 15) is 0 Å². The van der Waals surface area contributed by atoms with Gasteiger partial charge in [-0.2, -0.15) is 0 Å². The molecule has 1 N–H and O–H groups in total. The smallest absolute Gasteiger partial charge is 0.0363 e. The quantitative estimate of drug-likeness (QED) is 0.600. The number of rotatable bonds is 7. The summed E-state index contributed by atoms with van der Waals surface area (Å²) >= 11 is 0. The molecule has 21 heavy (non-hydrogen) atoms. The van der Waals surface area contributed by atoms with Gasteiger partial charge >= 0.3 is 0 Å². The van der Waals surface area contributed by atoms with Crippen LogP contribution in [0, 0.1) is 11.8 Å². The van der Waals surface area contributed by atoms with Crippen LogP contribution in [0.25, 0.3) is 0 Å². The maximum atomic E-state index is 3.65. The van der Waals surface area contributed by atoms with Gasteiger partial charge in [0.2, 0.25) is 0 Å². The molecule has 116 valence electrons. The highest BCUT2D eigenvalue weighted by Crippen LogP contribution is 2.27. The minimum atomic E-state index is 0.759. The summed E-state index contributed by atoms with van der Waals surface area (Å²) < 4.78 is 0. The van der Waals surface area contributed by atoms with Crippen LogP contribution in [0.2, 0.25) is 0 Å². The van der Waals surface area contributed by atoms with Gasteiger partial charge in [-0.15, -0.1) is 0 Å². The van der Waals surface area contributed by atoms with E-state index in [4.69, 9.17) is 0 Å². The lowest BCUT2D eigenvalue weighted by atomic mass is 9.84. The lowest BCUT2D eigenvalue weighted by molar-refractivity contribution is 0.381. The number of allylic oxidation sites excluding steroid dienone is 2. The van der Waals surface area contributed by atoms with Gasteiger partial charge in [0.15, 0.2) is 0 Å². The Morgan fingerprint density at radius 3 is 2.71 bits per heavy atom. The van der Waals surface area contributed by atoms with E-state index in [0.29, 0.717) is 0 Å². The van der Waals surface area contributed by atoms with Gasteiger partial charge in [0, 0.05) is 19.3 Å². The molecule has 0 saturated carbocycles. The van der Waals surface area contributed by atoms with Crippen molar-refractivity contribution in [3.05, 3.63) is 42.0 Å². The van der Waals surface area contributed by atoms with Crippen LogP contribution in [0.4, 0.5) is 5.69 Å². The molecule has 2 unspecified atom stereocenters. The van der Waals surface area contributed by atoms with E-state index in [1.54, 1.807) is 5.57 Å². The van der Waals surface area contributed by atoms with Crippen LogP contribution in [0.1, 0.15) is 33.1 Å². The molecule has 0 bridgehead atoms. The second-order valence-electron chi connectivity index (χ2n) is 6.61. The first kappa shape index (κ1) is 16.1. The second-order valence-corrected chi connectivity index (χ2v) is 6.61. The zero-order chi connectivity index (χ0) is 15.1. The summed E-state index contributed by atoms with van der Waals surface area (Å²) in [5.74, 6) is 1.59. The van der Waals surface area contributed by atoms with Crippen LogP contribution in [0.5, 0.6) is 0 Å². The number of benzene rings is 1. The first-order chi connectivity index (χ1) is 10.1. The Kier molecular flexibility index (Phi) is 6.31. The van der Waals surface area contributed by atoms with Crippen LogP contribution in [-0.4, -0.2) is 26.7 Å². The molecule has 0 spiro atoms. The Morgan fingerprint density at radius 2 is 2.00 bits per heavy atom. The molecule has 1 aliphatic rings. The molecule has 0 aliphatic heterocycles. The van der Waals surface area contributed by atoms with Crippen molar-refractivity contribution >= 4 is 5.69 Å². The van der Waals surface area contributed by atoms with E-state index in [1.165, 1.54) is 31.5 Å². The summed E-state index contributed by atoms with van der Waals surface area (Å²) in [6.45, 7) is 8.01. The van der Waals surface area contributed by atoms with Crippen LogP contribution >= 0.6 is 0 Å². The van der Waals surface area contributed by atoms with Crippen LogP contribution in [0.15, 0.2) is 42.0 Å². The lowest BCUT2D eigenvalue weighted by Crippen LogP contribution is -2.29. The van der Waals surface area contributed by atoms with Crippen molar-refractivity contribution in [2.75, 3.05) is 31.6 Å². The first-order valence-electron chi connectivity index (χ1n) is 8.29. The molecule has 0 radical (unpaired) electrons. The Hall–Kier alpha value is -1.28. The van der Waals surface area contributed by atoms with Gasteiger partial charge in [0.25, 0.3) is 0 Å². The molecule has 0 aromatic heterocycles. The molecule has 2 nitrogen and oxygen atoms in total. The third-order valence-corrected chi connectivity index (χ3v) is 4.36. The summed E-state index contributed by atoms with van der Waals surface area (Å²) in [4.78, 5) is 2.33. The molecule has 0 fully saturated rings. The third-order valence-electron chi connectivity index (χ3n) is 4.36. The molecule has 1 aliphatic carbocycles. The topological polar surface area (TPSA) is 15.3 Å². The lowest BCUT2D eigenvalue weighted by Gasteiger charge is -2.26. The van der Waals surface area contributed by atoms with Crippen molar-refractivity contribution in [1.82, 2.24) is 5.32 Å². The van der Waals surface area contributed by atoms with Crippen molar-refractivity contribution < 1.29 is 0 Å². The minimum absolute atomic E-state index is 0.759. The minimum Gasteiger partial charge on any atom is -0.375 e. The van der Waals surface area contributed by atoms with Gasteiger partial charge in [0.05, 0.1) is 0 Å². The summed E-state index contributed by atoms with van der Waals surface area (Å²) in [6, 6.07) is 10.6. The van der Waals surface area contributed by atoms with Crippen molar-refractivity contribution in [2.45, 2.75) is 33.1 Å².